The molecule has 0 atom stereocenters. The summed E-state index contributed by atoms with van der Waals surface area (Å²) in [7, 11) is 0. The molecular weight excluding hydrogens is 427 g/mol. The number of amides is 1. The van der Waals surface area contributed by atoms with Crippen LogP contribution in [0.1, 0.15) is 41.4 Å². The van der Waals surface area contributed by atoms with Crippen LogP contribution in [0.15, 0.2) is 65.1 Å². The quantitative estimate of drug-likeness (QED) is 0.353. The third kappa shape index (κ3) is 5.85. The van der Waals surface area contributed by atoms with Gasteiger partial charge in [0.15, 0.2) is 10.9 Å². The fourth-order valence-electron chi connectivity index (χ4n) is 2.75. The number of benzene rings is 2. The highest BCUT2D eigenvalue weighted by atomic mass is 32.1. The fourth-order valence-corrected chi connectivity index (χ4v) is 2.92. The number of halogens is 3. The number of anilines is 1. The molecule has 1 amide bonds. The zero-order valence-electron chi connectivity index (χ0n) is 16.7. The molecule has 0 saturated carbocycles. The van der Waals surface area contributed by atoms with Gasteiger partial charge < -0.3 is 9.73 Å². The second-order valence-electron chi connectivity index (χ2n) is 7.05. The van der Waals surface area contributed by atoms with Gasteiger partial charge >= 0.3 is 12.1 Å². The number of alkyl halides is 3. The van der Waals surface area contributed by atoms with E-state index in [0.29, 0.717) is 5.92 Å². The van der Waals surface area contributed by atoms with E-state index in [2.05, 4.69) is 30.0 Å². The summed E-state index contributed by atoms with van der Waals surface area (Å²) in [4.78, 5) is 12.3. The molecule has 9 heteroatoms. The van der Waals surface area contributed by atoms with Crippen LogP contribution in [0, 0.1) is 0 Å². The van der Waals surface area contributed by atoms with Gasteiger partial charge in [0, 0.05) is 11.3 Å². The maximum absolute atomic E-state index is 12.9. The average Bonchev–Trinajstić information content (AvgIpc) is 3.22. The van der Waals surface area contributed by atoms with Gasteiger partial charge in [0.2, 0.25) is 0 Å². The Bertz CT molecular complexity index is 1080. The average molecular weight is 447 g/mol. The maximum Gasteiger partial charge on any atom is 0.416 e. The van der Waals surface area contributed by atoms with Gasteiger partial charge in [-0.25, -0.2) is 0 Å². The topological polar surface area (TPSA) is 66.3 Å². The van der Waals surface area contributed by atoms with Crippen molar-refractivity contribution in [1.82, 2.24) is 10.9 Å². The van der Waals surface area contributed by atoms with E-state index in [-0.39, 0.29) is 22.2 Å². The summed E-state index contributed by atoms with van der Waals surface area (Å²) < 4.78 is 44.1. The Labute approximate surface area is 182 Å². The highest BCUT2D eigenvalue weighted by Gasteiger charge is 2.30. The Hall–Kier alpha value is -3.33. The number of carbonyl (C=O) groups excluding carboxylic acids is 1. The summed E-state index contributed by atoms with van der Waals surface area (Å²) in [5.41, 5.74) is 6.29. The van der Waals surface area contributed by atoms with Crippen molar-refractivity contribution in [3.05, 3.63) is 77.6 Å². The van der Waals surface area contributed by atoms with E-state index in [9.17, 15) is 18.0 Å². The predicted molar refractivity (Wildman–Crippen MR) is 116 cm³/mol. The minimum atomic E-state index is -4.47. The van der Waals surface area contributed by atoms with E-state index in [1.54, 1.807) is 0 Å². The van der Waals surface area contributed by atoms with Gasteiger partial charge in [-0.3, -0.25) is 15.6 Å². The Morgan fingerprint density at radius 2 is 1.71 bits per heavy atom. The molecule has 0 spiro atoms. The lowest BCUT2D eigenvalue weighted by Gasteiger charge is -2.12. The fraction of sp³-hybridized carbons (Fsp3) is 0.182. The summed E-state index contributed by atoms with van der Waals surface area (Å²) in [6.07, 6.45) is -4.47. The van der Waals surface area contributed by atoms with E-state index >= 15 is 0 Å². The molecule has 0 saturated heterocycles. The summed E-state index contributed by atoms with van der Waals surface area (Å²) in [5.74, 6) is -0.156. The summed E-state index contributed by atoms with van der Waals surface area (Å²) in [5, 5.41) is 3.10. The van der Waals surface area contributed by atoms with Gasteiger partial charge in [-0.15, -0.1) is 0 Å². The molecule has 0 unspecified atom stereocenters. The highest BCUT2D eigenvalue weighted by Crippen LogP contribution is 2.32. The monoisotopic (exact) mass is 447 g/mol. The number of hydrogen-bond donors (Lipinski definition) is 3. The van der Waals surface area contributed by atoms with Crippen LogP contribution in [0.3, 0.4) is 0 Å². The lowest BCUT2D eigenvalue weighted by Crippen LogP contribution is -2.43. The van der Waals surface area contributed by atoms with Crippen molar-refractivity contribution >= 4 is 28.9 Å². The number of hydrazine groups is 1. The number of hydrogen-bond acceptors (Lipinski definition) is 3. The van der Waals surface area contributed by atoms with Crippen LogP contribution in [0.25, 0.3) is 11.3 Å². The molecule has 2 aromatic carbocycles. The maximum atomic E-state index is 12.9. The highest BCUT2D eigenvalue weighted by molar-refractivity contribution is 7.80. The first-order chi connectivity index (χ1) is 14.6. The normalized spacial score (nSPS) is 11.3. The molecule has 0 aliphatic rings. The molecular formula is C22H20F3N3O2S. The van der Waals surface area contributed by atoms with Crippen LogP contribution in [0.5, 0.6) is 0 Å². The third-order valence-electron chi connectivity index (χ3n) is 4.43. The minimum absolute atomic E-state index is 0.0796. The summed E-state index contributed by atoms with van der Waals surface area (Å²) >= 11 is 5.15. The first-order valence-corrected chi connectivity index (χ1v) is 9.79. The van der Waals surface area contributed by atoms with Crippen molar-refractivity contribution < 1.29 is 22.4 Å². The van der Waals surface area contributed by atoms with Crippen LogP contribution in [0.2, 0.25) is 0 Å². The smallest absolute Gasteiger partial charge is 0.416 e. The van der Waals surface area contributed by atoms with Crippen LogP contribution >= 0.6 is 12.2 Å². The lowest BCUT2D eigenvalue weighted by atomic mass is 10.0. The van der Waals surface area contributed by atoms with Gasteiger partial charge in [-0.2, -0.15) is 13.2 Å². The van der Waals surface area contributed by atoms with Crippen molar-refractivity contribution in [3.63, 3.8) is 0 Å². The first kappa shape index (κ1) is 22.4. The van der Waals surface area contributed by atoms with Crippen molar-refractivity contribution in [1.29, 1.82) is 0 Å². The second kappa shape index (κ2) is 9.22. The van der Waals surface area contributed by atoms with Crippen LogP contribution < -0.4 is 16.2 Å². The zero-order valence-corrected chi connectivity index (χ0v) is 17.5. The van der Waals surface area contributed by atoms with Crippen molar-refractivity contribution in [2.24, 2.45) is 0 Å². The lowest BCUT2D eigenvalue weighted by molar-refractivity contribution is -0.137. The Morgan fingerprint density at radius 3 is 2.35 bits per heavy atom. The van der Waals surface area contributed by atoms with E-state index in [0.717, 1.165) is 17.8 Å². The SMILES string of the molecule is CC(C)c1ccc(NC(=S)NNC(=O)c2ccc(-c3cccc(C(F)(F)F)c3)o2)cc1. The van der Waals surface area contributed by atoms with Gasteiger partial charge in [0.25, 0.3) is 0 Å². The molecule has 0 radical (unpaired) electrons. The molecule has 3 N–H and O–H groups in total. The Morgan fingerprint density at radius 1 is 1.00 bits per heavy atom. The van der Waals surface area contributed by atoms with Crippen molar-refractivity contribution in [2.45, 2.75) is 25.9 Å². The van der Waals surface area contributed by atoms with Gasteiger partial charge in [0.05, 0.1) is 5.56 Å². The standard InChI is InChI=1S/C22H20F3N3O2S/c1-13(2)14-6-8-17(9-7-14)26-21(31)28-27-20(29)19-11-10-18(30-19)15-4-3-5-16(12-15)22(23,24)25/h3-13H,1-2H3,(H,27,29)(H2,26,28,31). The second-order valence-corrected chi connectivity index (χ2v) is 7.46. The van der Waals surface area contributed by atoms with E-state index < -0.39 is 17.6 Å². The van der Waals surface area contributed by atoms with E-state index in [4.69, 9.17) is 16.6 Å². The van der Waals surface area contributed by atoms with Gasteiger partial charge in [0.1, 0.15) is 5.76 Å². The molecule has 0 bridgehead atoms. The predicted octanol–water partition coefficient (Wildman–Crippen LogP) is 5.72. The molecule has 5 nitrogen and oxygen atoms in total. The minimum Gasteiger partial charge on any atom is -0.451 e. The number of carbonyl (C=O) groups is 1. The molecule has 1 heterocycles. The number of rotatable bonds is 4. The van der Waals surface area contributed by atoms with Gasteiger partial charge in [-0.1, -0.05) is 38.1 Å². The van der Waals surface area contributed by atoms with Crippen LogP contribution in [-0.2, 0) is 6.18 Å². The molecule has 0 aliphatic carbocycles. The molecule has 0 fully saturated rings. The number of furan rings is 1. The zero-order chi connectivity index (χ0) is 22.6. The molecule has 0 aliphatic heterocycles. The van der Waals surface area contributed by atoms with Gasteiger partial charge in [-0.05, 0) is 60.1 Å². The van der Waals surface area contributed by atoms with Crippen LogP contribution in [-0.4, -0.2) is 11.0 Å². The van der Waals surface area contributed by atoms with Crippen molar-refractivity contribution in [3.8, 4) is 11.3 Å². The largest absolute Gasteiger partial charge is 0.451 e. The van der Waals surface area contributed by atoms with E-state index in [1.807, 2.05) is 24.3 Å². The molecule has 162 valence electrons. The molecule has 1 aromatic heterocycles. The van der Waals surface area contributed by atoms with Crippen molar-refractivity contribution in [2.75, 3.05) is 5.32 Å². The first-order valence-electron chi connectivity index (χ1n) is 9.38. The van der Waals surface area contributed by atoms with Crippen LogP contribution in [0.4, 0.5) is 18.9 Å². The summed E-state index contributed by atoms with van der Waals surface area (Å²) in [6, 6.07) is 15.2. The van der Waals surface area contributed by atoms with E-state index in [1.165, 1.54) is 29.8 Å². The Balaban J connectivity index is 1.58. The third-order valence-corrected chi connectivity index (χ3v) is 4.63. The molecule has 3 rings (SSSR count). The number of thiocarbonyl (C=S) groups is 1. The molecule has 31 heavy (non-hydrogen) atoms. The number of nitrogens with one attached hydrogen (secondary N) is 3. The summed E-state index contributed by atoms with van der Waals surface area (Å²) in [6.45, 7) is 4.19. The molecule has 3 aromatic rings. The Kier molecular flexibility index (Phi) is 6.65.